The van der Waals surface area contributed by atoms with E-state index in [1.165, 1.54) is 11.2 Å². The van der Waals surface area contributed by atoms with Crippen LogP contribution in [0.1, 0.15) is 25.5 Å². The molecular weight excluding hydrogens is 382 g/mol. The molecule has 0 saturated carbocycles. The van der Waals surface area contributed by atoms with Gasteiger partial charge in [0.15, 0.2) is 6.10 Å². The number of anilines is 1. The average Bonchev–Trinajstić information content (AvgIpc) is 3.31. The van der Waals surface area contributed by atoms with Crippen molar-refractivity contribution in [2.75, 3.05) is 18.5 Å². The van der Waals surface area contributed by atoms with Crippen molar-refractivity contribution in [1.82, 2.24) is 19.7 Å². The first kappa shape index (κ1) is 19.6. The van der Waals surface area contributed by atoms with Gasteiger partial charge in [-0.3, -0.25) is 14.5 Å². The maximum Gasteiger partial charge on any atom is 0.268 e. The molecule has 4 rings (SSSR count). The molecule has 3 aromatic rings. The van der Waals surface area contributed by atoms with Crippen molar-refractivity contribution < 1.29 is 14.3 Å². The lowest BCUT2D eigenvalue weighted by Crippen LogP contribution is -2.49. The summed E-state index contributed by atoms with van der Waals surface area (Å²) < 4.78 is 7.32. The zero-order valence-electron chi connectivity index (χ0n) is 17.1. The molecule has 1 aliphatic rings. The predicted octanol–water partition coefficient (Wildman–Crippen LogP) is 2.60. The van der Waals surface area contributed by atoms with Crippen LogP contribution in [-0.2, 0) is 9.59 Å². The second kappa shape index (κ2) is 7.98. The topological polar surface area (TPSA) is 80.6 Å². The van der Waals surface area contributed by atoms with Crippen LogP contribution in [0.15, 0.2) is 61.2 Å². The molecule has 0 bridgehead atoms. The van der Waals surface area contributed by atoms with E-state index in [1.54, 1.807) is 42.0 Å². The summed E-state index contributed by atoms with van der Waals surface area (Å²) in [6, 6.07) is 14.9. The Balaban J connectivity index is 1.49. The lowest BCUT2D eigenvalue weighted by molar-refractivity contribution is -0.133. The minimum absolute atomic E-state index is 0.0403. The van der Waals surface area contributed by atoms with Crippen molar-refractivity contribution in [2.24, 2.45) is 0 Å². The van der Waals surface area contributed by atoms with Gasteiger partial charge in [-0.1, -0.05) is 24.3 Å². The Kier molecular flexibility index (Phi) is 5.22. The third-order valence-corrected chi connectivity index (χ3v) is 5.40. The second-order valence-corrected chi connectivity index (χ2v) is 7.26. The van der Waals surface area contributed by atoms with E-state index < -0.39 is 6.10 Å². The molecule has 1 aromatic heterocycles. The predicted molar refractivity (Wildman–Crippen MR) is 111 cm³/mol. The molecular formula is C22H23N5O3. The third-order valence-electron chi connectivity index (χ3n) is 5.40. The number of hydrogen-bond donors (Lipinski definition) is 0. The lowest BCUT2D eigenvalue weighted by Gasteiger charge is -2.34. The largest absolute Gasteiger partial charge is 0.479 e. The number of likely N-dealkylation sites (N-methyl/N-ethyl adjacent to an activating group) is 1. The Labute approximate surface area is 174 Å². The van der Waals surface area contributed by atoms with E-state index in [4.69, 9.17) is 4.74 Å². The molecule has 2 aromatic carbocycles. The Morgan fingerprint density at radius 1 is 1.20 bits per heavy atom. The smallest absolute Gasteiger partial charge is 0.268 e. The molecule has 2 unspecified atom stereocenters. The first-order valence-electron chi connectivity index (χ1n) is 9.73. The van der Waals surface area contributed by atoms with E-state index in [0.29, 0.717) is 11.4 Å². The monoisotopic (exact) mass is 405 g/mol. The van der Waals surface area contributed by atoms with Crippen molar-refractivity contribution in [3.05, 3.63) is 66.7 Å². The highest BCUT2D eigenvalue weighted by molar-refractivity contribution is 6.03. The van der Waals surface area contributed by atoms with E-state index in [2.05, 4.69) is 10.1 Å². The van der Waals surface area contributed by atoms with Crippen molar-refractivity contribution in [3.8, 4) is 11.4 Å². The average molecular weight is 405 g/mol. The summed E-state index contributed by atoms with van der Waals surface area (Å²) >= 11 is 0. The number of ether oxygens (including phenoxy) is 1. The van der Waals surface area contributed by atoms with Crippen LogP contribution >= 0.6 is 0 Å². The van der Waals surface area contributed by atoms with Crippen molar-refractivity contribution in [1.29, 1.82) is 0 Å². The van der Waals surface area contributed by atoms with Gasteiger partial charge < -0.3 is 9.64 Å². The fourth-order valence-corrected chi connectivity index (χ4v) is 3.46. The van der Waals surface area contributed by atoms with Gasteiger partial charge in [0.1, 0.15) is 24.9 Å². The second-order valence-electron chi connectivity index (χ2n) is 7.26. The van der Waals surface area contributed by atoms with Crippen LogP contribution in [-0.4, -0.2) is 51.2 Å². The number of aromatic nitrogens is 3. The van der Waals surface area contributed by atoms with Crippen LogP contribution < -0.4 is 9.64 Å². The number of carbonyl (C=O) groups is 2. The molecule has 2 amide bonds. The van der Waals surface area contributed by atoms with Crippen LogP contribution in [0.5, 0.6) is 5.75 Å². The van der Waals surface area contributed by atoms with Crippen LogP contribution in [0.4, 0.5) is 5.69 Å². The quantitative estimate of drug-likeness (QED) is 0.652. The van der Waals surface area contributed by atoms with Crippen molar-refractivity contribution >= 4 is 17.5 Å². The molecule has 154 valence electrons. The molecule has 0 saturated heterocycles. The molecule has 2 heterocycles. The standard InChI is InChI=1S/C22H23N5O3/c1-15(17-8-10-18(11-9-17)27-14-23-13-24-27)25(3)21(28)12-26-19-6-4-5-7-20(19)30-16(2)22(26)29/h4-11,13-16H,12H2,1-3H3. The van der Waals surface area contributed by atoms with E-state index in [9.17, 15) is 9.59 Å². The number of rotatable bonds is 5. The number of benzene rings is 2. The van der Waals surface area contributed by atoms with Gasteiger partial charge in [0.05, 0.1) is 17.4 Å². The third kappa shape index (κ3) is 3.63. The summed E-state index contributed by atoms with van der Waals surface area (Å²) in [4.78, 5) is 32.8. The molecule has 2 atom stereocenters. The summed E-state index contributed by atoms with van der Waals surface area (Å²) in [5.41, 5.74) is 2.49. The van der Waals surface area contributed by atoms with Crippen LogP contribution in [0, 0.1) is 0 Å². The van der Waals surface area contributed by atoms with Gasteiger partial charge in [-0.15, -0.1) is 0 Å². The van der Waals surface area contributed by atoms with Gasteiger partial charge in [-0.25, -0.2) is 9.67 Å². The number of para-hydroxylation sites is 2. The minimum Gasteiger partial charge on any atom is -0.479 e. The maximum atomic E-state index is 13.0. The minimum atomic E-state index is -0.625. The van der Waals surface area contributed by atoms with Crippen molar-refractivity contribution in [2.45, 2.75) is 26.0 Å². The summed E-state index contributed by atoms with van der Waals surface area (Å²) in [7, 11) is 1.75. The van der Waals surface area contributed by atoms with Crippen LogP contribution in [0.3, 0.4) is 0 Å². The molecule has 8 nitrogen and oxygen atoms in total. The molecule has 0 spiro atoms. The van der Waals surface area contributed by atoms with E-state index in [1.807, 2.05) is 43.3 Å². The molecule has 1 aliphatic heterocycles. The fourth-order valence-electron chi connectivity index (χ4n) is 3.46. The highest BCUT2D eigenvalue weighted by atomic mass is 16.5. The maximum absolute atomic E-state index is 13.0. The first-order chi connectivity index (χ1) is 14.5. The highest BCUT2D eigenvalue weighted by Crippen LogP contribution is 2.33. The first-order valence-corrected chi connectivity index (χ1v) is 9.73. The van der Waals surface area contributed by atoms with Gasteiger partial charge in [0.25, 0.3) is 5.91 Å². The van der Waals surface area contributed by atoms with Crippen LogP contribution in [0.25, 0.3) is 5.69 Å². The molecule has 8 heteroatoms. The number of hydrogen-bond acceptors (Lipinski definition) is 5. The SMILES string of the molecule is CC1Oc2ccccc2N(CC(=O)N(C)C(C)c2ccc(-n3cncn3)cc2)C1=O. The van der Waals surface area contributed by atoms with Crippen molar-refractivity contribution in [3.63, 3.8) is 0 Å². The van der Waals surface area contributed by atoms with Gasteiger partial charge >= 0.3 is 0 Å². The van der Waals surface area contributed by atoms with E-state index in [0.717, 1.165) is 11.3 Å². The molecule has 0 aliphatic carbocycles. The van der Waals surface area contributed by atoms with Crippen LogP contribution in [0.2, 0.25) is 0 Å². The van der Waals surface area contributed by atoms with E-state index in [-0.39, 0.29) is 24.4 Å². The summed E-state index contributed by atoms with van der Waals surface area (Å²) in [6.45, 7) is 3.61. The van der Waals surface area contributed by atoms with Gasteiger partial charge in [0.2, 0.25) is 5.91 Å². The molecule has 30 heavy (non-hydrogen) atoms. The number of carbonyl (C=O) groups excluding carboxylic acids is 2. The Hall–Kier alpha value is -3.68. The van der Waals surface area contributed by atoms with Gasteiger partial charge in [-0.2, -0.15) is 5.10 Å². The normalized spacial score (nSPS) is 16.6. The van der Waals surface area contributed by atoms with Gasteiger partial charge in [-0.05, 0) is 43.7 Å². The molecule has 0 radical (unpaired) electrons. The summed E-state index contributed by atoms with van der Waals surface area (Å²) in [5.74, 6) is 0.234. The lowest BCUT2D eigenvalue weighted by atomic mass is 10.1. The number of nitrogens with zero attached hydrogens (tertiary/aromatic N) is 5. The number of fused-ring (bicyclic) bond motifs is 1. The van der Waals surface area contributed by atoms with Gasteiger partial charge in [0, 0.05) is 7.05 Å². The Bertz CT molecular complexity index is 1050. The summed E-state index contributed by atoms with van der Waals surface area (Å²) in [5, 5.41) is 4.11. The fraction of sp³-hybridized carbons (Fsp3) is 0.273. The van der Waals surface area contributed by atoms with E-state index >= 15 is 0 Å². The summed E-state index contributed by atoms with van der Waals surface area (Å²) in [6.07, 6.45) is 2.49. The molecule has 0 N–H and O–H groups in total. The Morgan fingerprint density at radius 2 is 1.93 bits per heavy atom. The Morgan fingerprint density at radius 3 is 2.63 bits per heavy atom. The number of amides is 2. The highest BCUT2D eigenvalue weighted by Gasteiger charge is 2.33. The molecule has 0 fully saturated rings. The zero-order valence-corrected chi connectivity index (χ0v) is 17.1. The zero-order chi connectivity index (χ0) is 21.3.